The number of benzene rings is 1. The predicted molar refractivity (Wildman–Crippen MR) is 31.2 cm³/mol. The van der Waals surface area contributed by atoms with Crippen LogP contribution in [0.3, 0.4) is 0 Å². The summed E-state index contributed by atoms with van der Waals surface area (Å²) < 4.78 is 0. The van der Waals surface area contributed by atoms with E-state index in [1.165, 1.54) is 0 Å². The zero-order valence-electron chi connectivity index (χ0n) is 4.99. The smallest absolute Gasteiger partial charge is 0.233 e. The van der Waals surface area contributed by atoms with E-state index in [9.17, 15) is 4.79 Å². The van der Waals surface area contributed by atoms with Crippen LogP contribution >= 0.6 is 0 Å². The molecule has 0 spiro atoms. The molecule has 0 aliphatic rings. The molecule has 0 saturated carbocycles. The predicted octanol–water partition coefficient (Wildman–Crippen LogP) is -1.85. The number of hydrogen-bond donors (Lipinski definition) is 0. The van der Waals surface area contributed by atoms with E-state index in [1.54, 1.807) is 30.6 Å². The van der Waals surface area contributed by atoms with Crippen LogP contribution in [-0.2, 0) is 25.9 Å². The first-order valence-electron chi connectivity index (χ1n) is 2.36. The fourth-order valence-electron chi connectivity index (χ4n) is 0.506. The third-order valence-electron chi connectivity index (χ3n) is 0.892. The standard InChI is InChI=1S/C7H5O.ClH.Pt/c8-6-7-4-2-1-3-5-7;;/h1-5H;1H;/p-1. The van der Waals surface area contributed by atoms with E-state index in [-0.39, 0.29) is 33.5 Å². The topological polar surface area (TPSA) is 17.1 Å². The van der Waals surface area contributed by atoms with Crippen molar-refractivity contribution in [3.05, 3.63) is 35.9 Å². The van der Waals surface area contributed by atoms with Crippen LogP contribution in [-0.4, -0.2) is 6.29 Å². The van der Waals surface area contributed by atoms with Gasteiger partial charge in [0.1, 0.15) is 0 Å². The van der Waals surface area contributed by atoms with Crippen molar-refractivity contribution in [3.8, 4) is 0 Å². The molecule has 0 fully saturated rings. The second kappa shape index (κ2) is 6.98. The quantitative estimate of drug-likeness (QED) is 0.589. The van der Waals surface area contributed by atoms with Gasteiger partial charge in [0.25, 0.3) is 0 Å². The molecule has 0 heterocycles. The van der Waals surface area contributed by atoms with E-state index in [2.05, 4.69) is 0 Å². The van der Waals surface area contributed by atoms with E-state index in [0.29, 0.717) is 5.56 Å². The molecule has 57 valence electrons. The van der Waals surface area contributed by atoms with Crippen LogP contribution in [0.1, 0.15) is 5.56 Å². The minimum atomic E-state index is 0. The van der Waals surface area contributed by atoms with Gasteiger partial charge >= 0.3 is 0 Å². The van der Waals surface area contributed by atoms with Crippen molar-refractivity contribution in [1.82, 2.24) is 0 Å². The molecule has 0 N–H and O–H groups in total. The summed E-state index contributed by atoms with van der Waals surface area (Å²) in [7, 11) is 0. The first kappa shape index (κ1) is 12.5. The Morgan fingerprint density at radius 3 is 1.90 bits per heavy atom. The van der Waals surface area contributed by atoms with Crippen molar-refractivity contribution in [3.63, 3.8) is 0 Å². The van der Waals surface area contributed by atoms with Crippen molar-refractivity contribution < 1.29 is 38.3 Å². The molecule has 0 amide bonds. The van der Waals surface area contributed by atoms with Crippen LogP contribution in [0.5, 0.6) is 0 Å². The Bertz CT molecular complexity index is 176. The largest absolute Gasteiger partial charge is 1.00 e. The Morgan fingerprint density at radius 2 is 1.60 bits per heavy atom. The summed E-state index contributed by atoms with van der Waals surface area (Å²) in [6.45, 7) is 0. The molecule has 0 aromatic heterocycles. The van der Waals surface area contributed by atoms with Crippen LogP contribution in [0, 0.1) is 0 Å². The Hall–Kier alpha value is -0.132. The molecule has 0 atom stereocenters. The van der Waals surface area contributed by atoms with Gasteiger partial charge in [-0.3, -0.25) is 4.79 Å². The van der Waals surface area contributed by atoms with Gasteiger partial charge in [0.05, 0.1) is 0 Å². The number of hydrogen-bond acceptors (Lipinski definition) is 1. The summed E-state index contributed by atoms with van der Waals surface area (Å²) in [5.41, 5.74) is 0.604. The summed E-state index contributed by atoms with van der Waals surface area (Å²) in [6.07, 6.45) is 1.78. The van der Waals surface area contributed by atoms with Gasteiger partial charge in [0.15, 0.2) is 0 Å². The van der Waals surface area contributed by atoms with Crippen LogP contribution < -0.4 is 12.4 Å². The molecule has 0 aliphatic heterocycles. The molecule has 1 aromatic rings. The zero-order chi connectivity index (χ0) is 5.82. The van der Waals surface area contributed by atoms with Crippen molar-refractivity contribution >= 4 is 6.29 Å². The molecule has 10 heavy (non-hydrogen) atoms. The Balaban J connectivity index is 0. The maximum absolute atomic E-state index is 9.88. The fourth-order valence-corrected chi connectivity index (χ4v) is 0.506. The van der Waals surface area contributed by atoms with E-state index in [4.69, 9.17) is 0 Å². The first-order valence-corrected chi connectivity index (χ1v) is 2.36. The molecular formula is C7H5ClOPt-. The second-order valence-electron chi connectivity index (χ2n) is 1.47. The van der Waals surface area contributed by atoms with Crippen LogP contribution in [0.15, 0.2) is 30.3 Å². The van der Waals surface area contributed by atoms with Gasteiger partial charge in [0, 0.05) is 26.6 Å². The summed E-state index contributed by atoms with van der Waals surface area (Å²) >= 11 is 0. The minimum absolute atomic E-state index is 0. The van der Waals surface area contributed by atoms with Gasteiger partial charge in [-0.25, -0.2) is 0 Å². The molecule has 0 aliphatic carbocycles. The second-order valence-corrected chi connectivity index (χ2v) is 1.47. The van der Waals surface area contributed by atoms with Crippen molar-refractivity contribution in [2.24, 2.45) is 0 Å². The zero-order valence-corrected chi connectivity index (χ0v) is 8.02. The minimum Gasteiger partial charge on any atom is -1.00 e. The van der Waals surface area contributed by atoms with Crippen molar-refractivity contribution in [1.29, 1.82) is 0 Å². The maximum Gasteiger partial charge on any atom is 0.233 e. The summed E-state index contributed by atoms with van der Waals surface area (Å²) in [4.78, 5) is 9.88. The average molecular weight is 336 g/mol. The van der Waals surface area contributed by atoms with E-state index < -0.39 is 0 Å². The van der Waals surface area contributed by atoms with Gasteiger partial charge in [-0.15, -0.1) is 0 Å². The molecule has 3 heteroatoms. The normalized spacial score (nSPS) is 6.80. The maximum atomic E-state index is 9.88. The van der Waals surface area contributed by atoms with Crippen LogP contribution in [0.4, 0.5) is 0 Å². The van der Waals surface area contributed by atoms with Gasteiger partial charge in [-0.2, -0.15) is 0 Å². The Labute approximate surface area is 80.5 Å². The molecule has 0 bridgehead atoms. The monoisotopic (exact) mass is 335 g/mol. The number of carbonyl (C=O) groups excluding carboxylic acids is 1. The molecule has 1 aromatic carbocycles. The third-order valence-corrected chi connectivity index (χ3v) is 0.892. The van der Waals surface area contributed by atoms with E-state index >= 15 is 0 Å². The van der Waals surface area contributed by atoms with Gasteiger partial charge in [-0.1, -0.05) is 30.3 Å². The molecular weight excluding hydrogens is 331 g/mol. The number of halogens is 1. The molecule has 0 saturated heterocycles. The van der Waals surface area contributed by atoms with Crippen LogP contribution in [0.2, 0.25) is 0 Å². The van der Waals surface area contributed by atoms with Crippen LogP contribution in [0.25, 0.3) is 0 Å². The van der Waals surface area contributed by atoms with Gasteiger partial charge in [-0.05, 0) is 0 Å². The van der Waals surface area contributed by atoms with E-state index in [0.717, 1.165) is 0 Å². The van der Waals surface area contributed by atoms with Crippen molar-refractivity contribution in [2.75, 3.05) is 0 Å². The Morgan fingerprint density at radius 1 is 1.10 bits per heavy atom. The number of rotatable bonds is 1. The average Bonchev–Trinajstić information content (AvgIpc) is 1.90. The molecule has 1 rings (SSSR count). The third kappa shape index (κ3) is 3.81. The van der Waals surface area contributed by atoms with Crippen molar-refractivity contribution in [2.45, 2.75) is 0 Å². The molecule has 0 unspecified atom stereocenters. The molecule has 1 radical (unpaired) electrons. The molecule has 1 nitrogen and oxygen atoms in total. The van der Waals surface area contributed by atoms with Gasteiger partial charge in [0.2, 0.25) is 6.29 Å². The summed E-state index contributed by atoms with van der Waals surface area (Å²) in [5.74, 6) is 0. The Kier molecular flexibility index (Phi) is 8.75. The SMILES string of the molecule is O=[C]c1ccccc1.[Cl-].[Pt]. The summed E-state index contributed by atoms with van der Waals surface area (Å²) in [5, 5.41) is 0. The fraction of sp³-hybridized carbons (Fsp3) is 0. The van der Waals surface area contributed by atoms with E-state index in [1.807, 2.05) is 6.07 Å². The first-order chi connectivity index (χ1) is 3.93. The van der Waals surface area contributed by atoms with Gasteiger partial charge < -0.3 is 12.4 Å². The summed E-state index contributed by atoms with van der Waals surface area (Å²) in [6, 6.07) is 8.90.